The van der Waals surface area contributed by atoms with Gasteiger partial charge in [-0.05, 0) is 32.1 Å². The first-order valence-corrected chi connectivity index (χ1v) is 5.83. The van der Waals surface area contributed by atoms with Gasteiger partial charge in [-0.15, -0.1) is 5.10 Å². The number of fused-ring (bicyclic) bond motifs is 3. The molecule has 1 fully saturated rings. The molecule has 5 nitrogen and oxygen atoms in total. The molecule has 0 spiro atoms. The molecule has 0 saturated heterocycles. The van der Waals surface area contributed by atoms with Crippen LogP contribution in [0.3, 0.4) is 0 Å². The van der Waals surface area contributed by atoms with Gasteiger partial charge >= 0.3 is 0 Å². The van der Waals surface area contributed by atoms with Crippen LogP contribution in [0.2, 0.25) is 0 Å². The Labute approximate surface area is 91.5 Å². The number of aromatic nitrogens is 4. The third kappa shape index (κ3) is 1.03. The zero-order chi connectivity index (χ0) is 10.7. The maximum absolute atomic E-state index is 11.8. The maximum Gasteiger partial charge on any atom is 0.255 e. The number of aryl methyl sites for hydroxylation is 1. The first-order chi connectivity index (χ1) is 7.83. The Bertz CT molecular complexity index is 635. The molecule has 0 aromatic carbocycles. The van der Waals surface area contributed by atoms with Crippen molar-refractivity contribution in [1.29, 1.82) is 0 Å². The van der Waals surface area contributed by atoms with E-state index in [-0.39, 0.29) is 5.56 Å². The second-order valence-corrected chi connectivity index (χ2v) is 4.71. The molecule has 0 bridgehead atoms. The first-order valence-electron chi connectivity index (χ1n) is 5.83. The average Bonchev–Trinajstić information content (AvgIpc) is 2.85. The zero-order valence-corrected chi connectivity index (χ0v) is 8.86. The molecule has 5 heteroatoms. The predicted molar refractivity (Wildman–Crippen MR) is 57.6 cm³/mol. The van der Waals surface area contributed by atoms with Crippen molar-refractivity contribution in [2.45, 2.75) is 38.0 Å². The Hall–Kier alpha value is -1.65. The molecular formula is C11H12N4O. The molecule has 1 N–H and O–H groups in total. The van der Waals surface area contributed by atoms with Crippen LogP contribution in [0.1, 0.15) is 42.3 Å². The Morgan fingerprint density at radius 2 is 2.19 bits per heavy atom. The minimum Gasteiger partial charge on any atom is -0.291 e. The number of hydrogen-bond acceptors (Lipinski definition) is 3. The van der Waals surface area contributed by atoms with Crippen molar-refractivity contribution in [3.05, 3.63) is 27.4 Å². The summed E-state index contributed by atoms with van der Waals surface area (Å²) in [6.07, 6.45) is 5.24. The molecular weight excluding hydrogens is 204 g/mol. The van der Waals surface area contributed by atoms with Gasteiger partial charge in [0.1, 0.15) is 0 Å². The summed E-state index contributed by atoms with van der Waals surface area (Å²) < 4.78 is 1.84. The monoisotopic (exact) mass is 216 g/mol. The number of nitrogens with zero attached hydrogens (tertiary/aromatic N) is 3. The zero-order valence-electron chi connectivity index (χ0n) is 8.86. The maximum atomic E-state index is 11.8. The molecule has 0 amide bonds. The van der Waals surface area contributed by atoms with Gasteiger partial charge in [-0.2, -0.15) is 4.98 Å². The van der Waals surface area contributed by atoms with Crippen LogP contribution in [0.25, 0.3) is 5.78 Å². The normalized spacial score (nSPS) is 19.2. The van der Waals surface area contributed by atoms with Crippen LogP contribution < -0.4 is 5.56 Å². The van der Waals surface area contributed by atoms with Crippen molar-refractivity contribution in [1.82, 2.24) is 19.6 Å². The highest BCUT2D eigenvalue weighted by molar-refractivity contribution is 5.36. The smallest absolute Gasteiger partial charge is 0.255 e. The van der Waals surface area contributed by atoms with E-state index in [0.717, 1.165) is 36.3 Å². The highest BCUT2D eigenvalue weighted by atomic mass is 16.1. The fourth-order valence-electron chi connectivity index (χ4n) is 2.49. The molecule has 1 saturated carbocycles. The molecule has 16 heavy (non-hydrogen) atoms. The van der Waals surface area contributed by atoms with Crippen LogP contribution in [0.5, 0.6) is 0 Å². The number of hydrogen-bond donors (Lipinski definition) is 1. The molecule has 0 unspecified atom stereocenters. The van der Waals surface area contributed by atoms with Gasteiger partial charge in [-0.3, -0.25) is 9.78 Å². The number of H-pyrrole nitrogens is 1. The second-order valence-electron chi connectivity index (χ2n) is 4.71. The van der Waals surface area contributed by atoms with E-state index in [4.69, 9.17) is 0 Å². The van der Waals surface area contributed by atoms with Crippen LogP contribution in [-0.4, -0.2) is 19.6 Å². The summed E-state index contributed by atoms with van der Waals surface area (Å²) in [5.74, 6) is 2.05. The van der Waals surface area contributed by atoms with Crippen molar-refractivity contribution in [2.75, 3.05) is 0 Å². The summed E-state index contributed by atoms with van der Waals surface area (Å²) in [5, 5.41) is 4.52. The summed E-state index contributed by atoms with van der Waals surface area (Å²) in [6.45, 7) is 0. The van der Waals surface area contributed by atoms with Gasteiger partial charge in [0, 0.05) is 11.5 Å². The second kappa shape index (κ2) is 2.72. The van der Waals surface area contributed by atoms with E-state index in [1.54, 1.807) is 0 Å². The third-order valence-corrected chi connectivity index (χ3v) is 3.51. The van der Waals surface area contributed by atoms with Gasteiger partial charge < -0.3 is 0 Å². The Balaban J connectivity index is 2.06. The molecule has 4 rings (SSSR count). The Kier molecular flexibility index (Phi) is 1.45. The molecule has 2 aromatic heterocycles. The summed E-state index contributed by atoms with van der Waals surface area (Å²) in [5.41, 5.74) is 1.99. The van der Waals surface area contributed by atoms with E-state index < -0.39 is 0 Å². The van der Waals surface area contributed by atoms with Crippen molar-refractivity contribution in [3.8, 4) is 0 Å². The van der Waals surface area contributed by atoms with E-state index in [0.29, 0.717) is 11.7 Å². The van der Waals surface area contributed by atoms with Crippen molar-refractivity contribution in [2.24, 2.45) is 0 Å². The first kappa shape index (κ1) is 8.50. The predicted octanol–water partition coefficient (Wildman–Crippen LogP) is 0.784. The summed E-state index contributed by atoms with van der Waals surface area (Å²) in [4.78, 5) is 19.0. The van der Waals surface area contributed by atoms with Gasteiger partial charge in [0.2, 0.25) is 5.78 Å². The Morgan fingerprint density at radius 3 is 3.00 bits per heavy atom. The average molecular weight is 216 g/mol. The molecule has 2 aliphatic rings. The third-order valence-electron chi connectivity index (χ3n) is 3.51. The number of aromatic amines is 1. The molecule has 2 heterocycles. The van der Waals surface area contributed by atoms with Crippen molar-refractivity contribution in [3.63, 3.8) is 0 Å². The Morgan fingerprint density at radius 1 is 1.31 bits per heavy atom. The highest BCUT2D eigenvalue weighted by Gasteiger charge is 2.29. The minimum atomic E-state index is 0.0229. The van der Waals surface area contributed by atoms with Crippen LogP contribution in [0.15, 0.2) is 4.79 Å². The highest BCUT2D eigenvalue weighted by Crippen LogP contribution is 2.38. The van der Waals surface area contributed by atoms with E-state index in [9.17, 15) is 4.79 Å². The SMILES string of the molecule is O=c1[nH]c2nc(C3CC3)nn2c2c1CCC2. The largest absolute Gasteiger partial charge is 0.291 e. The molecule has 2 aliphatic carbocycles. The van der Waals surface area contributed by atoms with Gasteiger partial charge in [0.05, 0.1) is 5.69 Å². The molecule has 2 aromatic rings. The lowest BCUT2D eigenvalue weighted by Gasteiger charge is -1.99. The van der Waals surface area contributed by atoms with Crippen molar-refractivity contribution >= 4 is 5.78 Å². The summed E-state index contributed by atoms with van der Waals surface area (Å²) in [7, 11) is 0. The molecule has 0 atom stereocenters. The van der Waals surface area contributed by atoms with Crippen LogP contribution >= 0.6 is 0 Å². The molecule has 82 valence electrons. The lowest BCUT2D eigenvalue weighted by molar-refractivity contribution is 0.810. The van der Waals surface area contributed by atoms with Crippen molar-refractivity contribution < 1.29 is 0 Å². The van der Waals surface area contributed by atoms with E-state index in [1.807, 2.05) is 4.52 Å². The fraction of sp³-hybridized carbons (Fsp3) is 0.545. The van der Waals surface area contributed by atoms with Crippen LogP contribution in [-0.2, 0) is 12.8 Å². The molecule has 0 radical (unpaired) electrons. The lowest BCUT2D eigenvalue weighted by Crippen LogP contribution is -2.16. The van der Waals surface area contributed by atoms with E-state index >= 15 is 0 Å². The van der Waals surface area contributed by atoms with Crippen LogP contribution in [0, 0.1) is 0 Å². The van der Waals surface area contributed by atoms with Crippen LogP contribution in [0.4, 0.5) is 0 Å². The number of nitrogens with one attached hydrogen (secondary N) is 1. The van der Waals surface area contributed by atoms with Gasteiger partial charge in [-0.1, -0.05) is 0 Å². The quantitative estimate of drug-likeness (QED) is 0.766. The topological polar surface area (TPSA) is 63.0 Å². The lowest BCUT2D eigenvalue weighted by atomic mass is 10.3. The van der Waals surface area contributed by atoms with E-state index in [2.05, 4.69) is 15.1 Å². The standard InChI is InChI=1S/C11H12N4O/c16-10-7-2-1-3-8(7)15-11(13-10)12-9(14-15)6-4-5-6/h6H,1-5H2,(H,12,13,14,16). The summed E-state index contributed by atoms with van der Waals surface area (Å²) >= 11 is 0. The van der Waals surface area contributed by atoms with Gasteiger partial charge in [0.25, 0.3) is 5.56 Å². The minimum absolute atomic E-state index is 0.0229. The van der Waals surface area contributed by atoms with Gasteiger partial charge in [-0.25, -0.2) is 4.52 Å². The van der Waals surface area contributed by atoms with E-state index in [1.165, 1.54) is 12.8 Å². The summed E-state index contributed by atoms with van der Waals surface area (Å²) in [6, 6.07) is 0. The van der Waals surface area contributed by atoms with Gasteiger partial charge in [0.15, 0.2) is 5.82 Å². The molecule has 0 aliphatic heterocycles. The number of rotatable bonds is 1. The fourth-order valence-corrected chi connectivity index (χ4v) is 2.49.